The molecule has 2 aromatic heterocycles. The first-order chi connectivity index (χ1) is 11.1. The molecule has 0 spiro atoms. The lowest BCUT2D eigenvalue weighted by atomic mass is 10.0. The minimum Gasteiger partial charge on any atom is -0.381 e. The monoisotopic (exact) mass is 316 g/mol. The molecule has 0 bridgehead atoms. The SMILES string of the molecule is Cc1cc(C(=O)NC[C@@H]2CCCOC2)c2cnn(C(C)C)c2n1. The number of carbonyl (C=O) groups excluding carboxylic acids is 1. The number of rotatable bonds is 4. The van der Waals surface area contributed by atoms with E-state index in [4.69, 9.17) is 4.74 Å². The van der Waals surface area contributed by atoms with Crippen molar-refractivity contribution in [2.75, 3.05) is 19.8 Å². The van der Waals surface area contributed by atoms with E-state index < -0.39 is 0 Å². The summed E-state index contributed by atoms with van der Waals surface area (Å²) < 4.78 is 7.32. The van der Waals surface area contributed by atoms with Gasteiger partial charge in [-0.05, 0) is 45.6 Å². The number of nitrogens with one attached hydrogen (secondary N) is 1. The lowest BCUT2D eigenvalue weighted by molar-refractivity contribution is 0.0536. The quantitative estimate of drug-likeness (QED) is 0.941. The van der Waals surface area contributed by atoms with E-state index in [9.17, 15) is 4.79 Å². The Kier molecular flexibility index (Phi) is 4.61. The van der Waals surface area contributed by atoms with Crippen LogP contribution in [-0.4, -0.2) is 40.4 Å². The summed E-state index contributed by atoms with van der Waals surface area (Å²) in [6.07, 6.45) is 3.91. The third-order valence-corrected chi connectivity index (χ3v) is 4.23. The van der Waals surface area contributed by atoms with Crippen LogP contribution in [0.1, 0.15) is 48.8 Å². The number of fused-ring (bicyclic) bond motifs is 1. The van der Waals surface area contributed by atoms with Crippen LogP contribution < -0.4 is 5.32 Å². The van der Waals surface area contributed by atoms with Gasteiger partial charge in [0.15, 0.2) is 5.65 Å². The predicted octanol–water partition coefficient (Wildman–Crippen LogP) is 2.48. The summed E-state index contributed by atoms with van der Waals surface area (Å²) in [5.74, 6) is 0.346. The number of pyridine rings is 1. The molecular formula is C17H24N4O2. The van der Waals surface area contributed by atoms with Gasteiger partial charge in [0.1, 0.15) is 0 Å². The van der Waals surface area contributed by atoms with Crippen molar-refractivity contribution in [3.8, 4) is 0 Å². The molecule has 0 aliphatic carbocycles. The Bertz CT molecular complexity index is 702. The van der Waals surface area contributed by atoms with Crippen LogP contribution in [0.5, 0.6) is 0 Å². The number of nitrogens with zero attached hydrogens (tertiary/aromatic N) is 3. The van der Waals surface area contributed by atoms with Gasteiger partial charge < -0.3 is 10.1 Å². The molecule has 1 aliphatic heterocycles. The molecule has 1 atom stereocenters. The first-order valence-corrected chi connectivity index (χ1v) is 8.27. The predicted molar refractivity (Wildman–Crippen MR) is 88.5 cm³/mol. The molecule has 3 heterocycles. The van der Waals surface area contributed by atoms with Crippen molar-refractivity contribution < 1.29 is 9.53 Å². The summed E-state index contributed by atoms with van der Waals surface area (Å²) in [6.45, 7) is 8.24. The van der Waals surface area contributed by atoms with Crippen LogP contribution in [0.25, 0.3) is 11.0 Å². The first kappa shape index (κ1) is 15.9. The first-order valence-electron chi connectivity index (χ1n) is 8.27. The summed E-state index contributed by atoms with van der Waals surface area (Å²) in [5, 5.41) is 8.23. The van der Waals surface area contributed by atoms with Crippen molar-refractivity contribution in [1.29, 1.82) is 0 Å². The van der Waals surface area contributed by atoms with Crippen molar-refractivity contribution in [2.45, 2.75) is 39.7 Å². The van der Waals surface area contributed by atoms with E-state index >= 15 is 0 Å². The zero-order valence-corrected chi connectivity index (χ0v) is 14.0. The molecule has 1 fully saturated rings. The molecule has 0 radical (unpaired) electrons. The number of aromatic nitrogens is 3. The van der Waals surface area contributed by atoms with Crippen molar-refractivity contribution in [3.05, 3.63) is 23.5 Å². The van der Waals surface area contributed by atoms with Gasteiger partial charge >= 0.3 is 0 Å². The van der Waals surface area contributed by atoms with Crippen molar-refractivity contribution in [2.24, 2.45) is 5.92 Å². The Morgan fingerprint density at radius 1 is 1.52 bits per heavy atom. The smallest absolute Gasteiger partial charge is 0.252 e. The molecule has 0 unspecified atom stereocenters. The minimum atomic E-state index is -0.0608. The van der Waals surface area contributed by atoms with Crippen LogP contribution >= 0.6 is 0 Å². The number of hydrogen-bond acceptors (Lipinski definition) is 4. The molecule has 1 saturated heterocycles. The molecule has 124 valence electrons. The topological polar surface area (TPSA) is 69.0 Å². The summed E-state index contributed by atoms with van der Waals surface area (Å²) in [4.78, 5) is 17.2. The molecule has 3 rings (SSSR count). The largest absolute Gasteiger partial charge is 0.381 e. The van der Waals surface area contributed by atoms with Gasteiger partial charge in [-0.3, -0.25) is 4.79 Å². The Morgan fingerprint density at radius 3 is 3.04 bits per heavy atom. The number of aryl methyl sites for hydroxylation is 1. The van der Waals surface area contributed by atoms with Crippen LogP contribution in [0.15, 0.2) is 12.3 Å². The third-order valence-electron chi connectivity index (χ3n) is 4.23. The van der Waals surface area contributed by atoms with E-state index in [-0.39, 0.29) is 11.9 Å². The standard InChI is InChI=1S/C17H24N4O2/c1-11(2)21-16-15(9-19-21)14(7-12(3)20-16)17(22)18-8-13-5-4-6-23-10-13/h7,9,11,13H,4-6,8,10H2,1-3H3,(H,18,22)/t13-/m0/s1. The maximum atomic E-state index is 12.6. The highest BCUT2D eigenvalue weighted by Gasteiger charge is 2.19. The van der Waals surface area contributed by atoms with Crippen molar-refractivity contribution in [3.63, 3.8) is 0 Å². The van der Waals surface area contributed by atoms with Crippen molar-refractivity contribution >= 4 is 16.9 Å². The third kappa shape index (κ3) is 3.37. The molecule has 23 heavy (non-hydrogen) atoms. The Balaban J connectivity index is 1.82. The van der Waals surface area contributed by atoms with Gasteiger partial charge in [-0.2, -0.15) is 5.10 Å². The molecule has 0 saturated carbocycles. The van der Waals surface area contributed by atoms with E-state index in [1.165, 1.54) is 0 Å². The number of carbonyl (C=O) groups is 1. The number of amides is 1. The highest BCUT2D eigenvalue weighted by atomic mass is 16.5. The normalized spacial score (nSPS) is 18.5. The van der Waals surface area contributed by atoms with Gasteiger partial charge in [-0.25, -0.2) is 9.67 Å². The van der Waals surface area contributed by atoms with Crippen molar-refractivity contribution in [1.82, 2.24) is 20.1 Å². The van der Waals surface area contributed by atoms with Gasteiger partial charge in [0.05, 0.1) is 23.8 Å². The summed E-state index contributed by atoms with van der Waals surface area (Å²) >= 11 is 0. The van der Waals surface area contributed by atoms with Crippen LogP contribution in [0.2, 0.25) is 0 Å². The molecule has 1 N–H and O–H groups in total. The lowest BCUT2D eigenvalue weighted by Gasteiger charge is -2.22. The maximum absolute atomic E-state index is 12.6. The van der Waals surface area contributed by atoms with Crippen LogP contribution in [-0.2, 0) is 4.74 Å². The molecule has 0 aromatic carbocycles. The lowest BCUT2D eigenvalue weighted by Crippen LogP contribution is -2.33. The fourth-order valence-electron chi connectivity index (χ4n) is 3.01. The maximum Gasteiger partial charge on any atom is 0.252 e. The van der Waals surface area contributed by atoms with E-state index in [1.54, 1.807) is 6.20 Å². The second-order valence-electron chi connectivity index (χ2n) is 6.52. The molecule has 2 aromatic rings. The fraction of sp³-hybridized carbons (Fsp3) is 0.588. The average Bonchev–Trinajstić information content (AvgIpc) is 2.96. The van der Waals surface area contributed by atoms with E-state index in [1.807, 2.05) is 17.7 Å². The van der Waals surface area contributed by atoms with Gasteiger partial charge in [-0.1, -0.05) is 0 Å². The Morgan fingerprint density at radius 2 is 2.35 bits per heavy atom. The number of ether oxygens (including phenoxy) is 1. The summed E-state index contributed by atoms with van der Waals surface area (Å²) in [7, 11) is 0. The Hall–Kier alpha value is -1.95. The molecule has 1 amide bonds. The summed E-state index contributed by atoms with van der Waals surface area (Å²) in [6, 6.07) is 2.04. The molecular weight excluding hydrogens is 292 g/mol. The van der Waals surface area contributed by atoms with Crippen LogP contribution in [0, 0.1) is 12.8 Å². The minimum absolute atomic E-state index is 0.0608. The second-order valence-corrected chi connectivity index (χ2v) is 6.52. The van der Waals surface area contributed by atoms with Gasteiger partial charge in [0.2, 0.25) is 0 Å². The van der Waals surface area contributed by atoms with Gasteiger partial charge in [0.25, 0.3) is 5.91 Å². The summed E-state index contributed by atoms with van der Waals surface area (Å²) in [5.41, 5.74) is 2.24. The van der Waals surface area contributed by atoms with E-state index in [2.05, 4.69) is 29.2 Å². The van der Waals surface area contributed by atoms with E-state index in [0.717, 1.165) is 42.8 Å². The Labute approximate surface area is 136 Å². The van der Waals surface area contributed by atoms with Gasteiger partial charge in [0, 0.05) is 24.9 Å². The van der Waals surface area contributed by atoms with E-state index in [0.29, 0.717) is 18.0 Å². The highest BCUT2D eigenvalue weighted by molar-refractivity contribution is 6.05. The molecule has 6 nitrogen and oxygen atoms in total. The second kappa shape index (κ2) is 6.66. The fourth-order valence-corrected chi connectivity index (χ4v) is 3.01. The average molecular weight is 316 g/mol. The van der Waals surface area contributed by atoms with Gasteiger partial charge in [-0.15, -0.1) is 0 Å². The molecule has 6 heteroatoms. The molecule has 1 aliphatic rings. The van der Waals surface area contributed by atoms with Crippen LogP contribution in [0.3, 0.4) is 0 Å². The highest BCUT2D eigenvalue weighted by Crippen LogP contribution is 2.21. The number of hydrogen-bond donors (Lipinski definition) is 1. The van der Waals surface area contributed by atoms with Crippen LogP contribution in [0.4, 0.5) is 0 Å². The zero-order valence-electron chi connectivity index (χ0n) is 14.0. The zero-order chi connectivity index (χ0) is 16.4.